The average Bonchev–Trinajstić information content (AvgIpc) is 2.31. The largest absolute Gasteiger partial charge is 0.465 e. The summed E-state index contributed by atoms with van der Waals surface area (Å²) in [5.41, 5.74) is 2.33. The topological polar surface area (TPSA) is 57.6 Å². The van der Waals surface area contributed by atoms with Gasteiger partial charge in [0.05, 0.1) is 0 Å². The van der Waals surface area contributed by atoms with Crippen LogP contribution in [0.2, 0.25) is 0 Å². The van der Waals surface area contributed by atoms with Gasteiger partial charge >= 0.3 is 6.09 Å². The van der Waals surface area contributed by atoms with Gasteiger partial charge in [0, 0.05) is 19.5 Å². The Balaban J connectivity index is 2.24. The quantitative estimate of drug-likeness (QED) is 0.792. The first-order valence-corrected chi connectivity index (χ1v) is 7.01. The number of piperidine rings is 1. The number of carbonyl (C=O) groups excluding carboxylic acids is 1. The molecule has 19 heavy (non-hydrogen) atoms. The Bertz CT molecular complexity index is 431. The molecule has 0 aromatic carbocycles. The molecule has 106 valence electrons. The fourth-order valence-corrected chi connectivity index (χ4v) is 3.14. The van der Waals surface area contributed by atoms with E-state index in [0.717, 1.165) is 24.8 Å². The summed E-state index contributed by atoms with van der Waals surface area (Å²) in [6.45, 7) is 7.52. The standard InChI is InChI=1S/C15H23NO3/c1-15(2,3)8-12-11-6-7-16(14(18)19)9-10(11)4-5-13(12)17/h10H,4-9H2,1-3H3,(H,18,19). The van der Waals surface area contributed by atoms with Crippen LogP contribution in [0.5, 0.6) is 0 Å². The molecule has 1 atom stereocenters. The number of likely N-dealkylation sites (tertiary alicyclic amines) is 1. The van der Waals surface area contributed by atoms with Gasteiger partial charge in [0.1, 0.15) is 0 Å². The first-order chi connectivity index (χ1) is 8.78. The van der Waals surface area contributed by atoms with E-state index in [1.807, 2.05) is 0 Å². The molecule has 0 bridgehead atoms. The number of ketones is 1. The summed E-state index contributed by atoms with van der Waals surface area (Å²) in [5.74, 6) is 0.546. The number of carbonyl (C=O) groups is 2. The maximum absolute atomic E-state index is 12.2. The molecule has 4 heteroatoms. The molecular weight excluding hydrogens is 242 g/mol. The Kier molecular flexibility index (Phi) is 3.70. The second kappa shape index (κ2) is 4.99. The Hall–Kier alpha value is -1.32. The molecule has 2 aliphatic rings. The van der Waals surface area contributed by atoms with Gasteiger partial charge in [-0.05, 0) is 36.2 Å². The second-order valence-electron chi connectivity index (χ2n) is 6.88. The van der Waals surface area contributed by atoms with Gasteiger partial charge in [-0.25, -0.2) is 4.79 Å². The average molecular weight is 265 g/mol. The lowest BCUT2D eigenvalue weighted by molar-refractivity contribution is -0.116. The zero-order valence-electron chi connectivity index (χ0n) is 12.0. The summed E-state index contributed by atoms with van der Waals surface area (Å²) in [5, 5.41) is 9.08. The van der Waals surface area contributed by atoms with Crippen LogP contribution in [-0.4, -0.2) is 35.0 Å². The highest BCUT2D eigenvalue weighted by molar-refractivity contribution is 5.97. The summed E-state index contributed by atoms with van der Waals surface area (Å²) >= 11 is 0. The Labute approximate surface area is 114 Å². The first kappa shape index (κ1) is 14.1. The predicted molar refractivity (Wildman–Crippen MR) is 73.0 cm³/mol. The fourth-order valence-electron chi connectivity index (χ4n) is 3.14. The van der Waals surface area contributed by atoms with Crippen molar-refractivity contribution in [2.45, 2.75) is 46.5 Å². The van der Waals surface area contributed by atoms with E-state index < -0.39 is 6.09 Å². The lowest BCUT2D eigenvalue weighted by atomic mass is 9.73. The van der Waals surface area contributed by atoms with Crippen molar-refractivity contribution in [2.24, 2.45) is 11.3 Å². The highest BCUT2D eigenvalue weighted by Gasteiger charge is 2.35. The molecule has 0 saturated carbocycles. The van der Waals surface area contributed by atoms with Crippen LogP contribution in [0.15, 0.2) is 11.1 Å². The number of allylic oxidation sites excluding steroid dienone is 1. The normalized spacial score (nSPS) is 24.5. The Morgan fingerprint density at radius 3 is 2.63 bits per heavy atom. The minimum absolute atomic E-state index is 0.101. The summed E-state index contributed by atoms with van der Waals surface area (Å²) in [6, 6.07) is 0. The van der Waals surface area contributed by atoms with Crippen LogP contribution in [0.25, 0.3) is 0 Å². The van der Waals surface area contributed by atoms with E-state index in [1.54, 1.807) is 0 Å². The van der Waals surface area contributed by atoms with Gasteiger partial charge in [-0.2, -0.15) is 0 Å². The molecule has 1 N–H and O–H groups in total. The molecule has 1 aliphatic carbocycles. The minimum Gasteiger partial charge on any atom is -0.465 e. The van der Waals surface area contributed by atoms with Crippen molar-refractivity contribution < 1.29 is 14.7 Å². The number of amides is 1. The van der Waals surface area contributed by atoms with E-state index in [-0.39, 0.29) is 17.1 Å². The molecule has 0 spiro atoms. The molecule has 0 radical (unpaired) electrons. The molecule has 1 aliphatic heterocycles. The van der Waals surface area contributed by atoms with Crippen LogP contribution in [0, 0.1) is 11.3 Å². The van der Waals surface area contributed by atoms with Gasteiger partial charge in [-0.1, -0.05) is 26.3 Å². The minimum atomic E-state index is -0.840. The molecule has 1 saturated heterocycles. The number of fused-ring (bicyclic) bond motifs is 1. The monoisotopic (exact) mass is 265 g/mol. The number of rotatable bonds is 1. The molecule has 1 fully saturated rings. The maximum atomic E-state index is 12.2. The van der Waals surface area contributed by atoms with Crippen LogP contribution in [0.3, 0.4) is 0 Å². The number of Topliss-reactive ketones (excluding diaryl/α,β-unsaturated/α-hetero) is 1. The highest BCUT2D eigenvalue weighted by atomic mass is 16.4. The Morgan fingerprint density at radius 1 is 1.37 bits per heavy atom. The van der Waals surface area contributed by atoms with Crippen LogP contribution in [0.4, 0.5) is 4.79 Å². The zero-order chi connectivity index (χ0) is 14.2. The van der Waals surface area contributed by atoms with Gasteiger partial charge in [0.15, 0.2) is 5.78 Å². The maximum Gasteiger partial charge on any atom is 0.407 e. The lowest BCUT2D eigenvalue weighted by Crippen LogP contribution is -2.42. The number of carboxylic acid groups (broad SMARTS) is 1. The number of nitrogens with zero attached hydrogens (tertiary/aromatic N) is 1. The third-order valence-electron chi connectivity index (χ3n) is 4.01. The van der Waals surface area contributed by atoms with Crippen molar-refractivity contribution in [3.63, 3.8) is 0 Å². The van der Waals surface area contributed by atoms with Crippen molar-refractivity contribution in [2.75, 3.05) is 13.1 Å². The van der Waals surface area contributed by atoms with Crippen molar-refractivity contribution in [1.82, 2.24) is 4.90 Å². The summed E-state index contributed by atoms with van der Waals surface area (Å²) in [6.07, 6.45) is 2.09. The van der Waals surface area contributed by atoms with Crippen LogP contribution in [0.1, 0.15) is 46.5 Å². The van der Waals surface area contributed by atoms with Gasteiger partial charge in [-0.3, -0.25) is 4.79 Å². The number of hydrogen-bond acceptors (Lipinski definition) is 2. The molecule has 1 amide bonds. The summed E-state index contributed by atoms with van der Waals surface area (Å²) in [4.78, 5) is 24.7. The van der Waals surface area contributed by atoms with E-state index in [4.69, 9.17) is 5.11 Å². The molecule has 1 unspecified atom stereocenters. The van der Waals surface area contributed by atoms with E-state index in [1.165, 1.54) is 10.5 Å². The first-order valence-electron chi connectivity index (χ1n) is 7.01. The van der Waals surface area contributed by atoms with Gasteiger partial charge in [0.2, 0.25) is 0 Å². The van der Waals surface area contributed by atoms with Crippen LogP contribution < -0.4 is 0 Å². The van der Waals surface area contributed by atoms with Gasteiger partial charge < -0.3 is 10.0 Å². The molecular formula is C15H23NO3. The number of hydrogen-bond donors (Lipinski definition) is 1. The third-order valence-corrected chi connectivity index (χ3v) is 4.01. The lowest BCUT2D eigenvalue weighted by Gasteiger charge is -2.38. The second-order valence-corrected chi connectivity index (χ2v) is 6.88. The van der Waals surface area contributed by atoms with Crippen molar-refractivity contribution >= 4 is 11.9 Å². The summed E-state index contributed by atoms with van der Waals surface area (Å²) < 4.78 is 0. The Morgan fingerprint density at radius 2 is 2.05 bits per heavy atom. The van der Waals surface area contributed by atoms with E-state index in [0.29, 0.717) is 19.5 Å². The molecule has 0 aromatic heterocycles. The van der Waals surface area contributed by atoms with E-state index in [2.05, 4.69) is 20.8 Å². The molecule has 4 nitrogen and oxygen atoms in total. The van der Waals surface area contributed by atoms with Crippen molar-refractivity contribution in [3.8, 4) is 0 Å². The highest BCUT2D eigenvalue weighted by Crippen LogP contribution is 2.38. The van der Waals surface area contributed by atoms with E-state index >= 15 is 0 Å². The SMILES string of the molecule is CC(C)(C)CC1=C2CCN(C(=O)O)CC2CCC1=O. The molecule has 2 rings (SSSR count). The molecule has 1 heterocycles. The summed E-state index contributed by atoms with van der Waals surface area (Å²) in [7, 11) is 0. The smallest absolute Gasteiger partial charge is 0.407 e. The van der Waals surface area contributed by atoms with Gasteiger partial charge in [-0.15, -0.1) is 0 Å². The van der Waals surface area contributed by atoms with Crippen molar-refractivity contribution in [3.05, 3.63) is 11.1 Å². The zero-order valence-corrected chi connectivity index (χ0v) is 12.0. The van der Waals surface area contributed by atoms with Crippen LogP contribution in [-0.2, 0) is 4.79 Å². The van der Waals surface area contributed by atoms with Crippen molar-refractivity contribution in [1.29, 1.82) is 0 Å². The van der Waals surface area contributed by atoms with Crippen LogP contribution >= 0.6 is 0 Å². The predicted octanol–water partition coefficient (Wildman–Crippen LogP) is 3.08. The van der Waals surface area contributed by atoms with Gasteiger partial charge in [0.25, 0.3) is 0 Å². The fraction of sp³-hybridized carbons (Fsp3) is 0.733. The molecule has 0 aromatic rings. The van der Waals surface area contributed by atoms with E-state index in [9.17, 15) is 9.59 Å². The third kappa shape index (κ3) is 3.17.